The summed E-state index contributed by atoms with van der Waals surface area (Å²) >= 11 is 0. The van der Waals surface area contributed by atoms with Gasteiger partial charge in [-0.05, 0) is 37.5 Å². The number of benzene rings is 1. The molecular formula is C22H27N3O5S. The summed E-state index contributed by atoms with van der Waals surface area (Å²) in [6, 6.07) is 12.1. The molecule has 31 heavy (non-hydrogen) atoms. The molecule has 0 fully saturated rings. The Balaban J connectivity index is 2.23. The van der Waals surface area contributed by atoms with Gasteiger partial charge in [0.05, 0.1) is 12.5 Å². The number of sulfonamides is 1. The van der Waals surface area contributed by atoms with E-state index in [4.69, 9.17) is 4.74 Å². The van der Waals surface area contributed by atoms with E-state index in [1.54, 1.807) is 50.2 Å². The zero-order chi connectivity index (χ0) is 22.9. The number of amides is 2. The molecule has 1 heterocycles. The van der Waals surface area contributed by atoms with E-state index in [9.17, 15) is 18.0 Å². The molecule has 9 heteroatoms. The van der Waals surface area contributed by atoms with Crippen molar-refractivity contribution in [1.82, 2.24) is 14.6 Å². The highest BCUT2D eigenvalue weighted by atomic mass is 32.2. The Labute approximate surface area is 183 Å². The normalized spacial score (nSPS) is 12.4. The summed E-state index contributed by atoms with van der Waals surface area (Å²) in [5.74, 6) is -2.14. The highest BCUT2D eigenvalue weighted by molar-refractivity contribution is 7.93. The second kappa shape index (κ2) is 11.3. The third kappa shape index (κ3) is 7.21. The molecule has 0 aliphatic heterocycles. The molecule has 2 aromatic rings. The van der Waals surface area contributed by atoms with E-state index in [1.165, 1.54) is 24.3 Å². The lowest BCUT2D eigenvalue weighted by molar-refractivity contribution is -0.141. The van der Waals surface area contributed by atoms with Crippen LogP contribution in [0, 0.1) is 5.92 Å². The molecule has 166 valence electrons. The van der Waals surface area contributed by atoms with Crippen molar-refractivity contribution in [1.29, 1.82) is 0 Å². The number of carbonyl (C=O) groups excluding carboxylic acids is 2. The lowest BCUT2D eigenvalue weighted by Gasteiger charge is -2.24. The average Bonchev–Trinajstić information content (AvgIpc) is 2.77. The van der Waals surface area contributed by atoms with Crippen molar-refractivity contribution in [3.05, 3.63) is 65.2 Å². The Bertz CT molecular complexity index is 1000. The van der Waals surface area contributed by atoms with Gasteiger partial charge in [0.25, 0.3) is 10.0 Å². The molecular weight excluding hydrogens is 418 g/mol. The largest absolute Gasteiger partial charge is 0.481 e. The zero-order valence-corrected chi connectivity index (χ0v) is 18.6. The number of hydrogen-bond acceptors (Lipinski definition) is 6. The van der Waals surface area contributed by atoms with Crippen LogP contribution < -0.4 is 9.46 Å². The molecule has 0 bridgehead atoms. The van der Waals surface area contributed by atoms with Gasteiger partial charge in [0, 0.05) is 25.4 Å². The zero-order valence-electron chi connectivity index (χ0n) is 17.8. The van der Waals surface area contributed by atoms with Gasteiger partial charge < -0.3 is 9.64 Å². The van der Waals surface area contributed by atoms with Crippen molar-refractivity contribution in [2.45, 2.75) is 20.3 Å². The average molecular weight is 446 g/mol. The Morgan fingerprint density at radius 1 is 1.13 bits per heavy atom. The van der Waals surface area contributed by atoms with Crippen molar-refractivity contribution in [3.8, 4) is 5.88 Å². The number of aromatic nitrogens is 1. The van der Waals surface area contributed by atoms with Crippen molar-refractivity contribution >= 4 is 27.9 Å². The molecule has 0 aliphatic rings. The standard InChI is InChI=1S/C22H27N3O5S/c1-4-25(5-2)22(27)19(15-18-11-12-20(30-3)23-16-18)21(26)24-31(28,29)14-13-17-9-7-6-8-10-17/h6-14,16,19H,4-5,15H2,1-3H3,(H,24,26). The minimum Gasteiger partial charge on any atom is -0.481 e. The molecule has 1 aromatic heterocycles. The van der Waals surface area contributed by atoms with Gasteiger partial charge >= 0.3 is 0 Å². The number of pyridine rings is 1. The SMILES string of the molecule is CCN(CC)C(=O)C(Cc1ccc(OC)nc1)C(=O)NS(=O)(=O)C=Cc1ccccc1. The molecule has 0 spiro atoms. The number of ether oxygens (including phenoxy) is 1. The van der Waals surface area contributed by atoms with Crippen LogP contribution in [-0.4, -0.2) is 50.3 Å². The molecule has 2 rings (SSSR count). The summed E-state index contributed by atoms with van der Waals surface area (Å²) in [5, 5.41) is 0.911. The van der Waals surface area contributed by atoms with E-state index in [1.807, 2.05) is 10.8 Å². The smallest absolute Gasteiger partial charge is 0.257 e. The Hall–Kier alpha value is -3.20. The molecule has 8 nitrogen and oxygen atoms in total. The molecule has 0 saturated heterocycles. The summed E-state index contributed by atoms with van der Waals surface area (Å²) < 4.78 is 31.9. The molecule has 1 N–H and O–H groups in total. The van der Waals surface area contributed by atoms with E-state index in [-0.39, 0.29) is 6.42 Å². The number of methoxy groups -OCH3 is 1. The fraction of sp³-hybridized carbons (Fsp3) is 0.318. The molecule has 1 unspecified atom stereocenters. The van der Waals surface area contributed by atoms with E-state index >= 15 is 0 Å². The molecule has 1 aromatic carbocycles. The highest BCUT2D eigenvalue weighted by Gasteiger charge is 2.32. The first-order valence-corrected chi connectivity index (χ1v) is 11.4. The summed E-state index contributed by atoms with van der Waals surface area (Å²) in [6.45, 7) is 4.40. The Morgan fingerprint density at radius 3 is 2.35 bits per heavy atom. The molecule has 0 radical (unpaired) electrons. The summed E-state index contributed by atoms with van der Waals surface area (Å²) in [7, 11) is -2.60. The summed E-state index contributed by atoms with van der Waals surface area (Å²) in [5.41, 5.74) is 1.28. The van der Waals surface area contributed by atoms with E-state index < -0.39 is 27.8 Å². The van der Waals surface area contributed by atoms with Gasteiger partial charge in [-0.1, -0.05) is 36.4 Å². The maximum atomic E-state index is 12.9. The van der Waals surface area contributed by atoms with Crippen LogP contribution in [0.25, 0.3) is 6.08 Å². The topological polar surface area (TPSA) is 106 Å². The van der Waals surface area contributed by atoms with Crippen molar-refractivity contribution in [2.75, 3.05) is 20.2 Å². The fourth-order valence-electron chi connectivity index (χ4n) is 2.91. The summed E-state index contributed by atoms with van der Waals surface area (Å²) in [6.07, 6.45) is 2.89. The van der Waals surface area contributed by atoms with Gasteiger partial charge in [-0.15, -0.1) is 0 Å². The van der Waals surface area contributed by atoms with Crippen LogP contribution in [0.15, 0.2) is 54.1 Å². The van der Waals surface area contributed by atoms with Crippen LogP contribution in [-0.2, 0) is 26.0 Å². The third-order valence-electron chi connectivity index (χ3n) is 4.62. The second-order valence-corrected chi connectivity index (χ2v) is 8.27. The lowest BCUT2D eigenvalue weighted by atomic mass is 9.98. The number of carbonyl (C=O) groups is 2. The highest BCUT2D eigenvalue weighted by Crippen LogP contribution is 2.15. The van der Waals surface area contributed by atoms with Gasteiger partial charge in [-0.3, -0.25) is 9.59 Å². The van der Waals surface area contributed by atoms with Crippen LogP contribution in [0.1, 0.15) is 25.0 Å². The first kappa shape index (κ1) is 24.1. The van der Waals surface area contributed by atoms with Gasteiger partial charge in [0.2, 0.25) is 17.7 Å². The van der Waals surface area contributed by atoms with Crippen LogP contribution >= 0.6 is 0 Å². The molecule has 0 saturated carbocycles. The van der Waals surface area contributed by atoms with Gasteiger partial charge in [0.15, 0.2) is 0 Å². The molecule has 0 aliphatic carbocycles. The van der Waals surface area contributed by atoms with Crippen LogP contribution in [0.5, 0.6) is 5.88 Å². The quantitative estimate of drug-likeness (QED) is 0.562. The van der Waals surface area contributed by atoms with E-state index in [0.717, 1.165) is 5.41 Å². The Kier molecular flexibility index (Phi) is 8.75. The minimum absolute atomic E-state index is 0.0100. The first-order chi connectivity index (χ1) is 14.8. The van der Waals surface area contributed by atoms with Crippen molar-refractivity contribution < 1.29 is 22.7 Å². The van der Waals surface area contributed by atoms with Crippen molar-refractivity contribution in [3.63, 3.8) is 0 Å². The van der Waals surface area contributed by atoms with Gasteiger partial charge in [0.1, 0.15) is 5.92 Å². The van der Waals surface area contributed by atoms with Crippen molar-refractivity contribution in [2.24, 2.45) is 5.92 Å². The number of nitrogens with zero attached hydrogens (tertiary/aromatic N) is 2. The number of hydrogen-bond donors (Lipinski definition) is 1. The minimum atomic E-state index is -4.09. The maximum absolute atomic E-state index is 12.9. The van der Waals surface area contributed by atoms with E-state index in [2.05, 4.69) is 4.98 Å². The fourth-order valence-corrected chi connectivity index (χ4v) is 3.74. The maximum Gasteiger partial charge on any atom is 0.257 e. The van der Waals surface area contributed by atoms with Gasteiger partial charge in [-0.25, -0.2) is 18.1 Å². The Morgan fingerprint density at radius 2 is 1.81 bits per heavy atom. The lowest BCUT2D eigenvalue weighted by Crippen LogP contribution is -2.45. The predicted octanol–water partition coefficient (Wildman–Crippen LogP) is 2.23. The van der Waals surface area contributed by atoms with Gasteiger partial charge in [-0.2, -0.15) is 0 Å². The third-order valence-corrected chi connectivity index (χ3v) is 5.60. The molecule has 2 amide bonds. The first-order valence-electron chi connectivity index (χ1n) is 9.87. The number of rotatable bonds is 10. The van der Waals surface area contributed by atoms with E-state index in [0.29, 0.717) is 30.1 Å². The second-order valence-electron chi connectivity index (χ2n) is 6.70. The number of nitrogens with one attached hydrogen (secondary N) is 1. The van der Waals surface area contributed by atoms with Crippen LogP contribution in [0.4, 0.5) is 0 Å². The predicted molar refractivity (Wildman–Crippen MR) is 118 cm³/mol. The monoisotopic (exact) mass is 445 g/mol. The van der Waals surface area contributed by atoms with Crippen LogP contribution in [0.2, 0.25) is 0 Å². The van der Waals surface area contributed by atoms with Crippen LogP contribution in [0.3, 0.4) is 0 Å². The summed E-state index contributed by atoms with van der Waals surface area (Å²) in [4.78, 5) is 31.4. The molecule has 1 atom stereocenters.